The van der Waals surface area contributed by atoms with E-state index in [2.05, 4.69) is 5.32 Å². The van der Waals surface area contributed by atoms with Crippen LogP contribution in [0.1, 0.15) is 28.9 Å². The second-order valence-electron chi connectivity index (χ2n) is 5.97. The Balaban J connectivity index is 1.97. The van der Waals surface area contributed by atoms with E-state index in [1.54, 1.807) is 12.1 Å². The van der Waals surface area contributed by atoms with Gasteiger partial charge in [-0.15, -0.1) is 0 Å². The topological polar surface area (TPSA) is 66.5 Å². The third-order valence-corrected chi connectivity index (χ3v) is 6.22. The van der Waals surface area contributed by atoms with Gasteiger partial charge in [0, 0.05) is 25.2 Å². The van der Waals surface area contributed by atoms with Gasteiger partial charge in [0.25, 0.3) is 0 Å². The summed E-state index contributed by atoms with van der Waals surface area (Å²) in [5.74, 6) is -0.519. The van der Waals surface area contributed by atoms with Gasteiger partial charge in [0.15, 0.2) is 5.78 Å². The van der Waals surface area contributed by atoms with Crippen LogP contribution < -0.4 is 5.32 Å². The Morgan fingerprint density at radius 2 is 1.92 bits per heavy atom. The van der Waals surface area contributed by atoms with Crippen molar-refractivity contribution in [2.75, 3.05) is 19.6 Å². The first kappa shape index (κ1) is 17.7. The molecule has 7 heteroatoms. The fourth-order valence-electron chi connectivity index (χ4n) is 2.97. The van der Waals surface area contributed by atoms with E-state index in [0.29, 0.717) is 24.2 Å². The van der Waals surface area contributed by atoms with Crippen LogP contribution in [0.4, 0.5) is 4.39 Å². The highest BCUT2D eigenvalue weighted by Crippen LogP contribution is 2.29. The van der Waals surface area contributed by atoms with Crippen LogP contribution in [0.5, 0.6) is 0 Å². The van der Waals surface area contributed by atoms with Crippen LogP contribution in [0.15, 0.2) is 53.4 Å². The molecule has 1 fully saturated rings. The Labute approximate surface area is 146 Å². The quantitative estimate of drug-likeness (QED) is 0.848. The SMILES string of the molecule is CC(=O)c1ccc(S(=O)(=O)N2CCNCC2c2cccc(F)c2)cc1. The minimum atomic E-state index is -3.76. The maximum Gasteiger partial charge on any atom is 0.243 e. The smallest absolute Gasteiger partial charge is 0.243 e. The first-order valence-corrected chi connectivity index (χ1v) is 9.42. The lowest BCUT2D eigenvalue weighted by molar-refractivity contribution is 0.101. The van der Waals surface area contributed by atoms with Gasteiger partial charge in [0.2, 0.25) is 10.0 Å². The molecule has 5 nitrogen and oxygen atoms in total. The molecule has 1 aliphatic heterocycles. The molecule has 0 aromatic heterocycles. The third kappa shape index (κ3) is 3.63. The predicted octanol–water partition coefficient (Wildman–Crippen LogP) is 2.36. The minimum absolute atomic E-state index is 0.122. The summed E-state index contributed by atoms with van der Waals surface area (Å²) in [6.07, 6.45) is 0. The Hall–Kier alpha value is -2.09. The van der Waals surface area contributed by atoms with Gasteiger partial charge in [-0.1, -0.05) is 24.3 Å². The molecule has 0 bridgehead atoms. The van der Waals surface area contributed by atoms with Gasteiger partial charge in [-0.05, 0) is 36.8 Å². The Morgan fingerprint density at radius 1 is 1.20 bits per heavy atom. The number of nitrogens with one attached hydrogen (secondary N) is 1. The first-order chi connectivity index (χ1) is 11.9. The first-order valence-electron chi connectivity index (χ1n) is 7.98. The fraction of sp³-hybridized carbons (Fsp3) is 0.278. The summed E-state index contributed by atoms with van der Waals surface area (Å²) in [6.45, 7) is 2.66. The Morgan fingerprint density at radius 3 is 2.56 bits per heavy atom. The molecule has 0 saturated carbocycles. The predicted molar refractivity (Wildman–Crippen MR) is 92.3 cm³/mol. The van der Waals surface area contributed by atoms with E-state index < -0.39 is 21.9 Å². The number of ketones is 1. The standard InChI is InChI=1S/C18H19FN2O3S/c1-13(22)14-5-7-17(8-6-14)25(23,24)21-10-9-20-12-18(21)15-3-2-4-16(19)11-15/h2-8,11,18,20H,9-10,12H2,1H3. The van der Waals surface area contributed by atoms with E-state index in [-0.39, 0.29) is 17.2 Å². The highest BCUT2D eigenvalue weighted by atomic mass is 32.2. The number of sulfonamides is 1. The van der Waals surface area contributed by atoms with E-state index >= 15 is 0 Å². The molecule has 0 radical (unpaired) electrons. The molecule has 25 heavy (non-hydrogen) atoms. The van der Waals surface area contributed by atoms with Crippen molar-refractivity contribution in [2.24, 2.45) is 0 Å². The van der Waals surface area contributed by atoms with Crippen molar-refractivity contribution in [2.45, 2.75) is 17.9 Å². The zero-order valence-electron chi connectivity index (χ0n) is 13.8. The Bertz CT molecular complexity index is 881. The molecule has 2 aromatic carbocycles. The van der Waals surface area contributed by atoms with Crippen LogP contribution in [0, 0.1) is 5.82 Å². The Kier molecular flexibility index (Phi) is 4.99. The van der Waals surface area contributed by atoms with Crippen LogP contribution in [-0.2, 0) is 10.0 Å². The summed E-state index contributed by atoms with van der Waals surface area (Å²) in [6, 6.07) is 11.4. The van der Waals surface area contributed by atoms with Gasteiger partial charge in [0.1, 0.15) is 5.82 Å². The van der Waals surface area contributed by atoms with Gasteiger partial charge < -0.3 is 5.32 Å². The number of nitrogens with zero attached hydrogens (tertiary/aromatic N) is 1. The maximum absolute atomic E-state index is 13.6. The van der Waals surface area contributed by atoms with Crippen LogP contribution in [0.25, 0.3) is 0 Å². The van der Waals surface area contributed by atoms with Crippen LogP contribution in [-0.4, -0.2) is 38.1 Å². The van der Waals surface area contributed by atoms with Crippen molar-refractivity contribution in [3.8, 4) is 0 Å². The molecule has 1 heterocycles. The van der Waals surface area contributed by atoms with Crippen molar-refractivity contribution in [1.82, 2.24) is 9.62 Å². The monoisotopic (exact) mass is 362 g/mol. The van der Waals surface area contributed by atoms with Crippen LogP contribution in [0.3, 0.4) is 0 Å². The number of benzene rings is 2. The molecule has 1 aliphatic rings. The van der Waals surface area contributed by atoms with Gasteiger partial charge in [-0.3, -0.25) is 4.79 Å². The fourth-order valence-corrected chi connectivity index (χ4v) is 4.58. The molecule has 132 valence electrons. The summed E-state index contributed by atoms with van der Waals surface area (Å²) in [4.78, 5) is 11.5. The van der Waals surface area contributed by atoms with E-state index in [1.165, 1.54) is 47.6 Å². The number of carbonyl (C=O) groups excluding carboxylic acids is 1. The molecule has 1 unspecified atom stereocenters. The van der Waals surface area contributed by atoms with Crippen molar-refractivity contribution >= 4 is 15.8 Å². The third-order valence-electron chi connectivity index (χ3n) is 4.30. The number of hydrogen-bond donors (Lipinski definition) is 1. The molecular formula is C18H19FN2O3S. The maximum atomic E-state index is 13.6. The molecular weight excluding hydrogens is 343 g/mol. The number of rotatable bonds is 4. The highest BCUT2D eigenvalue weighted by Gasteiger charge is 2.34. The summed E-state index contributed by atoms with van der Waals surface area (Å²) >= 11 is 0. The molecule has 0 spiro atoms. The van der Waals surface area contributed by atoms with E-state index in [4.69, 9.17) is 0 Å². The van der Waals surface area contributed by atoms with Crippen molar-refractivity contribution in [1.29, 1.82) is 0 Å². The number of halogens is 1. The second-order valence-corrected chi connectivity index (χ2v) is 7.86. The average molecular weight is 362 g/mol. The van der Waals surface area contributed by atoms with E-state index in [1.807, 2.05) is 0 Å². The highest BCUT2D eigenvalue weighted by molar-refractivity contribution is 7.89. The number of piperazine rings is 1. The molecule has 1 saturated heterocycles. The van der Waals surface area contributed by atoms with E-state index in [0.717, 1.165) is 0 Å². The molecule has 0 amide bonds. The van der Waals surface area contributed by atoms with Gasteiger partial charge in [-0.25, -0.2) is 12.8 Å². The zero-order chi connectivity index (χ0) is 18.0. The largest absolute Gasteiger partial charge is 0.313 e. The van der Waals surface area contributed by atoms with E-state index in [9.17, 15) is 17.6 Å². The molecule has 3 rings (SSSR count). The lowest BCUT2D eigenvalue weighted by Gasteiger charge is -2.35. The molecule has 1 atom stereocenters. The van der Waals surface area contributed by atoms with Crippen molar-refractivity contribution < 1.29 is 17.6 Å². The number of hydrogen-bond acceptors (Lipinski definition) is 4. The summed E-state index contributed by atoms with van der Waals surface area (Å²) < 4.78 is 41.1. The van der Waals surface area contributed by atoms with Crippen LogP contribution >= 0.6 is 0 Å². The average Bonchev–Trinajstić information content (AvgIpc) is 2.62. The lowest BCUT2D eigenvalue weighted by atomic mass is 10.1. The van der Waals surface area contributed by atoms with Gasteiger partial charge >= 0.3 is 0 Å². The molecule has 1 N–H and O–H groups in total. The molecule has 0 aliphatic carbocycles. The minimum Gasteiger partial charge on any atom is -0.313 e. The van der Waals surface area contributed by atoms with Crippen molar-refractivity contribution in [3.05, 3.63) is 65.5 Å². The normalized spacial score (nSPS) is 18.9. The zero-order valence-corrected chi connectivity index (χ0v) is 14.6. The summed E-state index contributed by atoms with van der Waals surface area (Å²) in [5.41, 5.74) is 1.07. The van der Waals surface area contributed by atoms with Crippen molar-refractivity contribution in [3.63, 3.8) is 0 Å². The van der Waals surface area contributed by atoms with Gasteiger partial charge in [0.05, 0.1) is 10.9 Å². The second kappa shape index (κ2) is 7.03. The summed E-state index contributed by atoms with van der Waals surface area (Å²) in [7, 11) is -3.76. The number of carbonyl (C=O) groups is 1. The van der Waals surface area contributed by atoms with Crippen LogP contribution in [0.2, 0.25) is 0 Å². The lowest BCUT2D eigenvalue weighted by Crippen LogP contribution is -2.48. The van der Waals surface area contributed by atoms with Gasteiger partial charge in [-0.2, -0.15) is 4.31 Å². The number of Topliss-reactive ketones (excluding diaryl/α,β-unsaturated/α-hetero) is 1. The molecule has 2 aromatic rings. The summed E-state index contributed by atoms with van der Waals surface area (Å²) in [5, 5.41) is 3.16.